The van der Waals surface area contributed by atoms with Crippen LogP contribution >= 0.6 is 0 Å². The molecule has 0 saturated carbocycles. The normalized spacial score (nSPS) is 23.5. The van der Waals surface area contributed by atoms with Gasteiger partial charge < -0.3 is 0 Å². The predicted octanol–water partition coefficient (Wildman–Crippen LogP) is 0.548. The number of amides is 1. The molecule has 1 amide bonds. The number of rotatable bonds is 2. The molecule has 0 aliphatic carbocycles. The number of carbonyl (C=O) groups excluding carboxylic acids is 1. The molecule has 0 aromatic carbocycles. The topological polar surface area (TPSA) is 50.6 Å². The Morgan fingerprint density at radius 3 is 2.63 bits per heavy atom. The highest BCUT2D eigenvalue weighted by atomic mass is 16.7. The van der Waals surface area contributed by atoms with Gasteiger partial charge in [-0.25, -0.2) is 5.06 Å². The lowest BCUT2D eigenvalue weighted by Crippen LogP contribution is -2.44. The van der Waals surface area contributed by atoms with Gasteiger partial charge in [0.15, 0.2) is 0 Å². The molecule has 19 heavy (non-hydrogen) atoms. The summed E-state index contributed by atoms with van der Waals surface area (Å²) in [5.41, 5.74) is 0.996. The van der Waals surface area contributed by atoms with E-state index in [4.69, 9.17) is 4.84 Å². The van der Waals surface area contributed by atoms with E-state index in [1.165, 1.54) is 10.6 Å². The molecule has 0 atom stereocenters. The van der Waals surface area contributed by atoms with E-state index in [0.717, 1.165) is 32.5 Å². The summed E-state index contributed by atoms with van der Waals surface area (Å²) in [5, 5.41) is 5.59. The van der Waals surface area contributed by atoms with E-state index in [0.29, 0.717) is 6.42 Å². The number of hydrogen-bond acceptors (Lipinski definition) is 4. The highest BCUT2D eigenvalue weighted by Gasteiger charge is 2.45. The summed E-state index contributed by atoms with van der Waals surface area (Å²) >= 11 is 0. The summed E-state index contributed by atoms with van der Waals surface area (Å²) in [6, 6.07) is 0. The number of carbonyl (C=O) groups is 1. The molecule has 1 aromatic rings. The van der Waals surface area contributed by atoms with Crippen molar-refractivity contribution in [3.8, 4) is 0 Å². The van der Waals surface area contributed by atoms with Crippen LogP contribution in [-0.2, 0) is 23.2 Å². The van der Waals surface area contributed by atoms with Gasteiger partial charge in [0.05, 0.1) is 12.6 Å². The van der Waals surface area contributed by atoms with Crippen LogP contribution in [0.3, 0.4) is 0 Å². The van der Waals surface area contributed by atoms with E-state index in [9.17, 15) is 4.79 Å². The zero-order chi connectivity index (χ0) is 13.5. The van der Waals surface area contributed by atoms with Gasteiger partial charge in [-0.05, 0) is 12.8 Å². The summed E-state index contributed by atoms with van der Waals surface area (Å²) in [6.45, 7) is 2.86. The van der Waals surface area contributed by atoms with E-state index >= 15 is 0 Å². The van der Waals surface area contributed by atoms with Crippen molar-refractivity contribution >= 4 is 5.91 Å². The lowest BCUT2D eigenvalue weighted by molar-refractivity contribution is -0.199. The van der Waals surface area contributed by atoms with Crippen molar-refractivity contribution in [3.05, 3.63) is 18.0 Å². The van der Waals surface area contributed by atoms with E-state index in [1.807, 2.05) is 24.1 Å². The maximum Gasteiger partial charge on any atom is 0.248 e. The SMILES string of the molecule is CN1OC2(CCN(Cc3cnn(C)c3)CC2)CC1=O. The molecule has 2 saturated heterocycles. The fourth-order valence-electron chi connectivity index (χ4n) is 2.96. The molecule has 6 nitrogen and oxygen atoms in total. The Kier molecular flexibility index (Phi) is 3.06. The maximum absolute atomic E-state index is 11.6. The Morgan fingerprint density at radius 1 is 1.37 bits per heavy atom. The van der Waals surface area contributed by atoms with Gasteiger partial charge in [0, 0.05) is 45.5 Å². The molecule has 104 valence electrons. The molecule has 0 radical (unpaired) electrons. The molecule has 2 aliphatic heterocycles. The second kappa shape index (κ2) is 4.61. The first kappa shape index (κ1) is 12.6. The number of piperidine rings is 1. The lowest BCUT2D eigenvalue weighted by Gasteiger charge is -2.37. The molecule has 2 fully saturated rings. The number of hydrogen-bond donors (Lipinski definition) is 0. The van der Waals surface area contributed by atoms with E-state index in [2.05, 4.69) is 10.00 Å². The Hall–Kier alpha value is -1.40. The fraction of sp³-hybridized carbons (Fsp3) is 0.692. The first-order chi connectivity index (χ1) is 9.06. The first-order valence-electron chi connectivity index (χ1n) is 6.72. The third-order valence-electron chi connectivity index (χ3n) is 4.09. The zero-order valence-corrected chi connectivity index (χ0v) is 11.5. The van der Waals surface area contributed by atoms with Crippen molar-refractivity contribution in [1.29, 1.82) is 0 Å². The van der Waals surface area contributed by atoms with Crippen LogP contribution in [0.15, 0.2) is 12.4 Å². The average Bonchev–Trinajstić information content (AvgIpc) is 2.88. The molecule has 0 unspecified atom stereocenters. The third kappa shape index (κ3) is 2.50. The maximum atomic E-state index is 11.6. The monoisotopic (exact) mass is 264 g/mol. The van der Waals surface area contributed by atoms with Crippen molar-refractivity contribution < 1.29 is 9.63 Å². The van der Waals surface area contributed by atoms with Gasteiger partial charge in [-0.2, -0.15) is 5.10 Å². The fourth-order valence-corrected chi connectivity index (χ4v) is 2.96. The van der Waals surface area contributed by atoms with Gasteiger partial charge in [-0.15, -0.1) is 0 Å². The van der Waals surface area contributed by atoms with Crippen LogP contribution in [-0.4, -0.2) is 51.4 Å². The minimum atomic E-state index is -0.239. The van der Waals surface area contributed by atoms with Crippen LogP contribution in [0.2, 0.25) is 0 Å². The Labute approximate surface area is 112 Å². The highest BCUT2D eigenvalue weighted by Crippen LogP contribution is 2.35. The standard InChI is InChI=1S/C13H20N4O2/c1-15-9-11(8-14-15)10-17-5-3-13(4-6-17)7-12(18)16(2)19-13/h8-9H,3-7,10H2,1-2H3. The Morgan fingerprint density at radius 2 is 2.11 bits per heavy atom. The smallest absolute Gasteiger partial charge is 0.248 e. The van der Waals surface area contributed by atoms with Gasteiger partial charge in [0.1, 0.15) is 5.60 Å². The van der Waals surface area contributed by atoms with Crippen LogP contribution in [0.4, 0.5) is 0 Å². The lowest BCUT2D eigenvalue weighted by atomic mass is 9.88. The van der Waals surface area contributed by atoms with E-state index in [-0.39, 0.29) is 11.5 Å². The number of aryl methyl sites for hydroxylation is 1. The van der Waals surface area contributed by atoms with Crippen LogP contribution in [0.25, 0.3) is 0 Å². The van der Waals surface area contributed by atoms with Crippen molar-refractivity contribution in [1.82, 2.24) is 19.7 Å². The van der Waals surface area contributed by atoms with Crippen LogP contribution in [0, 0.1) is 0 Å². The zero-order valence-electron chi connectivity index (χ0n) is 11.5. The van der Waals surface area contributed by atoms with Crippen molar-refractivity contribution in [3.63, 3.8) is 0 Å². The molecule has 1 spiro atoms. The molecule has 2 aliphatic rings. The number of hydroxylamine groups is 2. The van der Waals surface area contributed by atoms with Gasteiger partial charge in [-0.1, -0.05) is 0 Å². The molecule has 3 rings (SSSR count). The number of nitrogens with zero attached hydrogens (tertiary/aromatic N) is 4. The number of likely N-dealkylation sites (tertiary alicyclic amines) is 1. The number of aromatic nitrogens is 2. The summed E-state index contributed by atoms with van der Waals surface area (Å²) < 4.78 is 1.83. The summed E-state index contributed by atoms with van der Waals surface area (Å²) in [5.74, 6) is 0.0979. The molecule has 1 aromatic heterocycles. The molecular weight excluding hydrogens is 244 g/mol. The molecule has 3 heterocycles. The summed E-state index contributed by atoms with van der Waals surface area (Å²) in [4.78, 5) is 19.7. The molecular formula is C13H20N4O2. The largest absolute Gasteiger partial charge is 0.299 e. The molecule has 0 N–H and O–H groups in total. The molecule has 0 bridgehead atoms. The van der Waals surface area contributed by atoms with Crippen LogP contribution in [0.1, 0.15) is 24.8 Å². The Bertz CT molecular complexity index is 477. The summed E-state index contributed by atoms with van der Waals surface area (Å²) in [6.07, 6.45) is 6.33. The van der Waals surface area contributed by atoms with Crippen molar-refractivity contribution in [2.45, 2.75) is 31.4 Å². The van der Waals surface area contributed by atoms with Gasteiger partial charge in [0.2, 0.25) is 5.91 Å². The van der Waals surface area contributed by atoms with Crippen LogP contribution in [0.5, 0.6) is 0 Å². The van der Waals surface area contributed by atoms with E-state index in [1.54, 1.807) is 7.05 Å². The second-order valence-electron chi connectivity index (χ2n) is 5.64. The van der Waals surface area contributed by atoms with Crippen molar-refractivity contribution in [2.75, 3.05) is 20.1 Å². The highest BCUT2D eigenvalue weighted by molar-refractivity contribution is 5.77. The quantitative estimate of drug-likeness (QED) is 0.782. The van der Waals surface area contributed by atoms with Gasteiger partial charge in [-0.3, -0.25) is 19.2 Å². The first-order valence-corrected chi connectivity index (χ1v) is 6.72. The minimum Gasteiger partial charge on any atom is -0.299 e. The predicted molar refractivity (Wildman–Crippen MR) is 68.9 cm³/mol. The van der Waals surface area contributed by atoms with Crippen LogP contribution < -0.4 is 0 Å². The van der Waals surface area contributed by atoms with Gasteiger partial charge >= 0.3 is 0 Å². The van der Waals surface area contributed by atoms with E-state index < -0.39 is 0 Å². The summed E-state index contributed by atoms with van der Waals surface area (Å²) in [7, 11) is 3.64. The molecule has 6 heteroatoms. The minimum absolute atomic E-state index is 0.0979. The Balaban J connectivity index is 1.56. The van der Waals surface area contributed by atoms with Crippen molar-refractivity contribution in [2.24, 2.45) is 7.05 Å². The average molecular weight is 264 g/mol. The van der Waals surface area contributed by atoms with Gasteiger partial charge in [0.25, 0.3) is 0 Å². The second-order valence-corrected chi connectivity index (χ2v) is 5.64. The third-order valence-corrected chi connectivity index (χ3v) is 4.09.